The number of amides is 1. The molecule has 2 rings (SSSR count). The van der Waals surface area contributed by atoms with Gasteiger partial charge in [0.2, 0.25) is 5.91 Å². The summed E-state index contributed by atoms with van der Waals surface area (Å²) >= 11 is 3.10. The Balaban J connectivity index is 1.91. The third-order valence-electron chi connectivity index (χ3n) is 2.87. The van der Waals surface area contributed by atoms with Gasteiger partial charge in [0.15, 0.2) is 0 Å². The first-order chi connectivity index (χ1) is 10.8. The van der Waals surface area contributed by atoms with Crippen LogP contribution in [0.1, 0.15) is 5.56 Å². The highest BCUT2D eigenvalue weighted by atomic mass is 79.9. The van der Waals surface area contributed by atoms with Crippen LogP contribution in [0, 0.1) is 5.82 Å². The summed E-state index contributed by atoms with van der Waals surface area (Å²) in [5.74, 6) is -1.12. The van der Waals surface area contributed by atoms with Crippen LogP contribution < -0.4 is 10.6 Å². The molecule has 0 fully saturated rings. The van der Waals surface area contributed by atoms with Crippen molar-refractivity contribution in [1.29, 1.82) is 0 Å². The van der Waals surface area contributed by atoms with E-state index in [1.165, 1.54) is 24.3 Å². The molecule has 1 amide bonds. The number of carbonyl (C=O) groups excluding carboxylic acids is 1. The Labute approximate surface area is 137 Å². The molecule has 0 aliphatic carbocycles. The van der Waals surface area contributed by atoms with Crippen molar-refractivity contribution in [1.82, 2.24) is 0 Å². The van der Waals surface area contributed by atoms with Crippen molar-refractivity contribution >= 4 is 33.2 Å². The number of benzene rings is 2. The second-order valence-electron chi connectivity index (χ2n) is 4.60. The number of alkyl halides is 3. The van der Waals surface area contributed by atoms with Gasteiger partial charge in [-0.15, -0.1) is 0 Å². The van der Waals surface area contributed by atoms with Crippen LogP contribution in [0.5, 0.6) is 0 Å². The summed E-state index contributed by atoms with van der Waals surface area (Å²) in [7, 11) is 0. The predicted molar refractivity (Wildman–Crippen MR) is 82.7 cm³/mol. The Morgan fingerprint density at radius 1 is 1.09 bits per heavy atom. The van der Waals surface area contributed by atoms with Gasteiger partial charge in [-0.2, -0.15) is 13.2 Å². The lowest BCUT2D eigenvalue weighted by Crippen LogP contribution is -2.22. The number of nitrogens with one attached hydrogen (secondary N) is 2. The molecule has 0 radical (unpaired) electrons. The molecule has 0 atom stereocenters. The molecule has 0 aromatic heterocycles. The van der Waals surface area contributed by atoms with E-state index < -0.39 is 23.5 Å². The molecule has 8 heteroatoms. The van der Waals surface area contributed by atoms with E-state index in [2.05, 4.69) is 26.6 Å². The SMILES string of the molecule is O=C(CNc1ccc(C(F)(F)F)cc1)Nc1ccc(Br)cc1F. The molecule has 2 aromatic carbocycles. The number of rotatable bonds is 4. The summed E-state index contributed by atoms with van der Waals surface area (Å²) in [6, 6.07) is 8.44. The third kappa shape index (κ3) is 4.95. The maximum Gasteiger partial charge on any atom is 0.416 e. The topological polar surface area (TPSA) is 41.1 Å². The number of hydrogen-bond acceptors (Lipinski definition) is 2. The second kappa shape index (κ2) is 6.99. The highest BCUT2D eigenvalue weighted by Crippen LogP contribution is 2.29. The molecule has 3 nitrogen and oxygen atoms in total. The van der Waals surface area contributed by atoms with Crippen LogP contribution >= 0.6 is 15.9 Å². The van der Waals surface area contributed by atoms with Gasteiger partial charge in [0.1, 0.15) is 5.82 Å². The first-order valence-electron chi connectivity index (χ1n) is 6.42. The minimum absolute atomic E-state index is 0.0208. The van der Waals surface area contributed by atoms with Gasteiger partial charge in [-0.3, -0.25) is 4.79 Å². The summed E-state index contributed by atoms with van der Waals surface area (Å²) in [5, 5.41) is 5.03. The van der Waals surface area contributed by atoms with E-state index in [9.17, 15) is 22.4 Å². The Hall–Kier alpha value is -2.09. The monoisotopic (exact) mass is 390 g/mol. The van der Waals surface area contributed by atoms with Gasteiger partial charge >= 0.3 is 6.18 Å². The fourth-order valence-electron chi connectivity index (χ4n) is 1.74. The number of anilines is 2. The quantitative estimate of drug-likeness (QED) is 0.745. The van der Waals surface area contributed by atoms with Gasteiger partial charge in [-0.25, -0.2) is 4.39 Å². The second-order valence-corrected chi connectivity index (χ2v) is 5.52. The van der Waals surface area contributed by atoms with E-state index in [4.69, 9.17) is 0 Å². The molecule has 23 heavy (non-hydrogen) atoms. The molecule has 0 saturated heterocycles. The van der Waals surface area contributed by atoms with Gasteiger partial charge in [0.05, 0.1) is 17.8 Å². The first kappa shape index (κ1) is 17.3. The number of hydrogen-bond donors (Lipinski definition) is 2. The highest BCUT2D eigenvalue weighted by Gasteiger charge is 2.29. The summed E-state index contributed by atoms with van der Waals surface area (Å²) in [6.07, 6.45) is -4.41. The van der Waals surface area contributed by atoms with Gasteiger partial charge in [0.25, 0.3) is 0 Å². The van der Waals surface area contributed by atoms with Crippen LogP contribution in [0.15, 0.2) is 46.9 Å². The average molecular weight is 391 g/mol. The molecule has 0 bridgehead atoms. The van der Waals surface area contributed by atoms with Crippen LogP contribution in [-0.4, -0.2) is 12.5 Å². The van der Waals surface area contributed by atoms with Crippen molar-refractivity contribution in [2.24, 2.45) is 0 Å². The fourth-order valence-corrected chi connectivity index (χ4v) is 2.08. The standard InChI is InChI=1S/C15H11BrF4N2O/c16-10-3-6-13(12(17)7-10)22-14(23)8-21-11-4-1-9(2-5-11)15(18,19)20/h1-7,21H,8H2,(H,22,23). The lowest BCUT2D eigenvalue weighted by molar-refractivity contribution is -0.137. The maximum atomic E-state index is 13.6. The van der Waals surface area contributed by atoms with Crippen molar-refractivity contribution in [3.05, 3.63) is 58.3 Å². The fraction of sp³-hybridized carbons (Fsp3) is 0.133. The van der Waals surface area contributed by atoms with Gasteiger partial charge in [0, 0.05) is 10.2 Å². The summed E-state index contributed by atoms with van der Waals surface area (Å²) in [6.45, 7) is -0.207. The number of carbonyl (C=O) groups is 1. The zero-order chi connectivity index (χ0) is 17.0. The van der Waals surface area contributed by atoms with Gasteiger partial charge < -0.3 is 10.6 Å². The normalized spacial score (nSPS) is 11.2. The number of halogens is 5. The van der Waals surface area contributed by atoms with Crippen molar-refractivity contribution in [2.75, 3.05) is 17.2 Å². The lowest BCUT2D eigenvalue weighted by atomic mass is 10.2. The zero-order valence-corrected chi connectivity index (χ0v) is 13.1. The Bertz CT molecular complexity index is 702. The highest BCUT2D eigenvalue weighted by molar-refractivity contribution is 9.10. The Morgan fingerprint density at radius 2 is 1.74 bits per heavy atom. The molecule has 0 aliphatic heterocycles. The minimum atomic E-state index is -4.41. The van der Waals surface area contributed by atoms with E-state index >= 15 is 0 Å². The maximum absolute atomic E-state index is 13.6. The van der Waals surface area contributed by atoms with Gasteiger partial charge in [-0.1, -0.05) is 15.9 Å². The van der Waals surface area contributed by atoms with Crippen LogP contribution in [0.25, 0.3) is 0 Å². The molecule has 2 aromatic rings. The molecule has 122 valence electrons. The minimum Gasteiger partial charge on any atom is -0.376 e. The van der Waals surface area contributed by atoms with E-state index in [1.807, 2.05) is 0 Å². The van der Waals surface area contributed by atoms with Crippen molar-refractivity contribution in [3.63, 3.8) is 0 Å². The van der Waals surface area contributed by atoms with Crippen molar-refractivity contribution in [2.45, 2.75) is 6.18 Å². The van der Waals surface area contributed by atoms with Crippen LogP contribution in [0.2, 0.25) is 0 Å². The largest absolute Gasteiger partial charge is 0.416 e. The van der Waals surface area contributed by atoms with E-state index in [1.54, 1.807) is 6.07 Å². The molecule has 0 spiro atoms. The smallest absolute Gasteiger partial charge is 0.376 e. The van der Waals surface area contributed by atoms with Crippen LogP contribution in [0.4, 0.5) is 28.9 Å². The zero-order valence-electron chi connectivity index (χ0n) is 11.5. The molecule has 2 N–H and O–H groups in total. The van der Waals surface area contributed by atoms with Crippen molar-refractivity contribution in [3.8, 4) is 0 Å². The third-order valence-corrected chi connectivity index (χ3v) is 3.36. The molecular formula is C15H11BrF4N2O. The molecule has 0 saturated carbocycles. The molecule has 0 unspecified atom stereocenters. The van der Waals surface area contributed by atoms with E-state index in [-0.39, 0.29) is 12.2 Å². The molecular weight excluding hydrogens is 380 g/mol. The summed E-state index contributed by atoms with van der Waals surface area (Å²) < 4.78 is 51.4. The summed E-state index contributed by atoms with van der Waals surface area (Å²) in [5.41, 5.74) is -0.402. The lowest BCUT2D eigenvalue weighted by Gasteiger charge is -2.10. The van der Waals surface area contributed by atoms with Gasteiger partial charge in [-0.05, 0) is 42.5 Å². The van der Waals surface area contributed by atoms with E-state index in [0.717, 1.165) is 12.1 Å². The van der Waals surface area contributed by atoms with Crippen molar-refractivity contribution < 1.29 is 22.4 Å². The Kier molecular flexibility index (Phi) is 5.25. The molecule has 0 heterocycles. The van der Waals surface area contributed by atoms with E-state index in [0.29, 0.717) is 10.2 Å². The Morgan fingerprint density at radius 3 is 2.30 bits per heavy atom. The van der Waals surface area contributed by atoms with Crippen LogP contribution in [0.3, 0.4) is 0 Å². The average Bonchev–Trinajstić information content (AvgIpc) is 2.47. The first-order valence-corrected chi connectivity index (χ1v) is 7.21. The van der Waals surface area contributed by atoms with Crippen LogP contribution in [-0.2, 0) is 11.0 Å². The predicted octanol–water partition coefficient (Wildman–Crippen LogP) is 4.66. The molecule has 0 aliphatic rings. The summed E-state index contributed by atoms with van der Waals surface area (Å²) in [4.78, 5) is 11.7.